The molecular formula is C19H22FN3. The van der Waals surface area contributed by atoms with Gasteiger partial charge in [0.25, 0.3) is 0 Å². The molecule has 1 aromatic carbocycles. The van der Waals surface area contributed by atoms with E-state index in [-0.39, 0.29) is 11.2 Å². The van der Waals surface area contributed by atoms with Gasteiger partial charge in [-0.3, -0.25) is 0 Å². The molecule has 4 aliphatic rings. The summed E-state index contributed by atoms with van der Waals surface area (Å²) in [5.74, 6) is 4.50. The Hall–Kier alpha value is -1.71. The minimum atomic E-state index is -0.211. The fourth-order valence-electron chi connectivity index (χ4n) is 6.03. The number of hydrogen-bond acceptors (Lipinski definition) is 2. The van der Waals surface area contributed by atoms with Crippen molar-refractivity contribution in [3.05, 3.63) is 35.9 Å². The van der Waals surface area contributed by atoms with Crippen molar-refractivity contribution in [2.75, 3.05) is 0 Å². The van der Waals surface area contributed by atoms with E-state index in [1.165, 1.54) is 50.7 Å². The highest BCUT2D eigenvalue weighted by Gasteiger charge is 2.53. The molecule has 1 aromatic heterocycles. The molecule has 0 amide bonds. The highest BCUT2D eigenvalue weighted by Crippen LogP contribution is 2.60. The lowest BCUT2D eigenvalue weighted by Crippen LogP contribution is -2.49. The van der Waals surface area contributed by atoms with Crippen LogP contribution < -0.4 is 0 Å². The zero-order chi connectivity index (χ0) is 15.6. The Morgan fingerprint density at radius 3 is 2.09 bits per heavy atom. The van der Waals surface area contributed by atoms with Gasteiger partial charge in [0.15, 0.2) is 5.82 Å². The summed E-state index contributed by atoms with van der Waals surface area (Å²) in [5, 5.41) is 9.09. The molecule has 0 N–H and O–H groups in total. The molecule has 120 valence electrons. The van der Waals surface area contributed by atoms with Gasteiger partial charge >= 0.3 is 0 Å². The average Bonchev–Trinajstić information content (AvgIpc) is 2.89. The van der Waals surface area contributed by atoms with Gasteiger partial charge in [-0.1, -0.05) is 0 Å². The number of rotatable bonds is 2. The first-order valence-corrected chi connectivity index (χ1v) is 8.79. The summed E-state index contributed by atoms with van der Waals surface area (Å²) in [7, 11) is 2.08. The van der Waals surface area contributed by atoms with E-state index < -0.39 is 0 Å². The second kappa shape index (κ2) is 4.65. The Bertz CT molecular complexity index is 711. The van der Waals surface area contributed by atoms with Crippen LogP contribution in [0.3, 0.4) is 0 Å². The first-order valence-electron chi connectivity index (χ1n) is 8.79. The molecule has 4 bridgehead atoms. The van der Waals surface area contributed by atoms with Crippen molar-refractivity contribution in [2.24, 2.45) is 24.8 Å². The van der Waals surface area contributed by atoms with Crippen LogP contribution in [0.1, 0.15) is 44.3 Å². The second-order valence-corrected chi connectivity index (χ2v) is 8.11. The van der Waals surface area contributed by atoms with E-state index in [9.17, 15) is 4.39 Å². The van der Waals surface area contributed by atoms with Gasteiger partial charge in [0.1, 0.15) is 11.6 Å². The van der Waals surface area contributed by atoms with Gasteiger partial charge in [0.2, 0.25) is 0 Å². The van der Waals surface area contributed by atoms with Gasteiger partial charge in [-0.05, 0) is 80.5 Å². The van der Waals surface area contributed by atoms with E-state index in [4.69, 9.17) is 0 Å². The Kier molecular flexibility index (Phi) is 2.77. The van der Waals surface area contributed by atoms with E-state index in [1.54, 1.807) is 12.1 Å². The van der Waals surface area contributed by atoms with Crippen molar-refractivity contribution in [1.29, 1.82) is 0 Å². The molecule has 2 aromatic rings. The van der Waals surface area contributed by atoms with Gasteiger partial charge < -0.3 is 4.57 Å². The van der Waals surface area contributed by atoms with Gasteiger partial charge in [-0.25, -0.2) is 4.39 Å². The number of halogens is 1. The first kappa shape index (κ1) is 13.7. The van der Waals surface area contributed by atoms with Gasteiger partial charge in [-0.2, -0.15) is 0 Å². The lowest BCUT2D eigenvalue weighted by atomic mass is 9.49. The minimum Gasteiger partial charge on any atom is -0.314 e. The standard InChI is InChI=1S/C19H22FN3/c1-23-17(15-2-4-16(20)5-3-15)21-22-18(23)19-9-12-6-13(10-19)8-14(7-12)11-19/h2-5,12-14H,6-11H2,1H3. The molecule has 0 unspecified atom stereocenters. The van der Waals surface area contributed by atoms with Crippen molar-refractivity contribution in [2.45, 2.75) is 43.9 Å². The van der Waals surface area contributed by atoms with Crippen molar-refractivity contribution < 1.29 is 4.39 Å². The fourth-order valence-corrected chi connectivity index (χ4v) is 6.03. The minimum absolute atomic E-state index is 0.211. The quantitative estimate of drug-likeness (QED) is 0.836. The van der Waals surface area contributed by atoms with Crippen LogP contribution in [0.5, 0.6) is 0 Å². The monoisotopic (exact) mass is 311 g/mol. The number of nitrogens with zero attached hydrogens (tertiary/aromatic N) is 3. The van der Waals surface area contributed by atoms with E-state index in [0.29, 0.717) is 0 Å². The smallest absolute Gasteiger partial charge is 0.163 e. The number of hydrogen-bond donors (Lipinski definition) is 0. The molecule has 1 heterocycles. The topological polar surface area (TPSA) is 30.7 Å². The zero-order valence-electron chi connectivity index (χ0n) is 13.5. The van der Waals surface area contributed by atoms with Crippen LogP contribution >= 0.6 is 0 Å². The van der Waals surface area contributed by atoms with Crippen LogP contribution in [0.2, 0.25) is 0 Å². The number of aromatic nitrogens is 3. The molecule has 4 saturated carbocycles. The molecular weight excluding hydrogens is 289 g/mol. The van der Waals surface area contributed by atoms with Crippen molar-refractivity contribution >= 4 is 0 Å². The summed E-state index contributed by atoms with van der Waals surface area (Å²) in [6.45, 7) is 0. The summed E-state index contributed by atoms with van der Waals surface area (Å²) in [6.07, 6.45) is 8.16. The van der Waals surface area contributed by atoms with E-state index in [1.807, 2.05) is 0 Å². The highest BCUT2D eigenvalue weighted by atomic mass is 19.1. The third-order valence-electron chi connectivity index (χ3n) is 6.49. The Morgan fingerprint density at radius 1 is 0.957 bits per heavy atom. The van der Waals surface area contributed by atoms with Gasteiger partial charge in [-0.15, -0.1) is 10.2 Å². The Labute approximate surface area is 135 Å². The summed E-state index contributed by atoms with van der Waals surface area (Å²) in [4.78, 5) is 0. The van der Waals surface area contributed by atoms with Crippen molar-refractivity contribution in [3.63, 3.8) is 0 Å². The van der Waals surface area contributed by atoms with Crippen molar-refractivity contribution in [3.8, 4) is 11.4 Å². The molecule has 4 heteroatoms. The molecule has 0 aliphatic heterocycles. The molecule has 23 heavy (non-hydrogen) atoms. The van der Waals surface area contributed by atoms with Crippen molar-refractivity contribution in [1.82, 2.24) is 14.8 Å². The predicted octanol–water partition coefficient (Wildman–Crippen LogP) is 4.09. The van der Waals surface area contributed by atoms with Crippen LogP contribution in [0.25, 0.3) is 11.4 Å². The van der Waals surface area contributed by atoms with E-state index in [2.05, 4.69) is 21.8 Å². The van der Waals surface area contributed by atoms with Crippen LogP contribution in [0.15, 0.2) is 24.3 Å². The molecule has 0 radical (unpaired) electrons. The van der Waals surface area contributed by atoms with Crippen LogP contribution in [0, 0.1) is 23.6 Å². The molecule has 0 atom stereocenters. The zero-order valence-corrected chi connectivity index (χ0v) is 13.5. The van der Waals surface area contributed by atoms with E-state index in [0.717, 1.165) is 35.0 Å². The summed E-state index contributed by atoms with van der Waals surface area (Å²) < 4.78 is 15.3. The Morgan fingerprint density at radius 2 is 1.52 bits per heavy atom. The largest absolute Gasteiger partial charge is 0.314 e. The molecule has 6 rings (SSSR count). The highest BCUT2D eigenvalue weighted by molar-refractivity contribution is 5.55. The second-order valence-electron chi connectivity index (χ2n) is 8.11. The maximum atomic E-state index is 13.2. The average molecular weight is 311 g/mol. The fraction of sp³-hybridized carbons (Fsp3) is 0.579. The van der Waals surface area contributed by atoms with E-state index >= 15 is 0 Å². The van der Waals surface area contributed by atoms with Gasteiger partial charge in [0, 0.05) is 18.0 Å². The maximum absolute atomic E-state index is 13.2. The molecule has 4 aliphatic carbocycles. The summed E-state index contributed by atoms with van der Waals surface area (Å²) in [6, 6.07) is 6.58. The third-order valence-corrected chi connectivity index (χ3v) is 6.49. The lowest BCUT2D eigenvalue weighted by Gasteiger charge is -2.56. The Balaban J connectivity index is 1.56. The SMILES string of the molecule is Cn1c(-c2ccc(F)cc2)nnc1C12CC3CC(CC(C3)C1)C2. The summed E-state index contributed by atoms with van der Waals surface area (Å²) in [5.41, 5.74) is 1.19. The molecule has 0 saturated heterocycles. The molecule has 0 spiro atoms. The maximum Gasteiger partial charge on any atom is 0.163 e. The first-order chi connectivity index (χ1) is 11.1. The number of benzene rings is 1. The summed E-state index contributed by atoms with van der Waals surface area (Å²) >= 11 is 0. The normalized spacial score (nSPS) is 35.0. The third kappa shape index (κ3) is 2.00. The predicted molar refractivity (Wildman–Crippen MR) is 86.2 cm³/mol. The van der Waals surface area contributed by atoms with Crippen LogP contribution in [0.4, 0.5) is 4.39 Å². The lowest BCUT2D eigenvalue weighted by molar-refractivity contribution is -0.0107. The molecule has 4 fully saturated rings. The van der Waals surface area contributed by atoms with Gasteiger partial charge in [0.05, 0.1) is 0 Å². The van der Waals surface area contributed by atoms with Crippen LogP contribution in [-0.2, 0) is 12.5 Å². The van der Waals surface area contributed by atoms with Crippen LogP contribution in [-0.4, -0.2) is 14.8 Å². The molecule has 3 nitrogen and oxygen atoms in total.